The Labute approximate surface area is 190 Å². The molecule has 3 atom stereocenters. The minimum Gasteiger partial charge on any atom is -0.396 e. The molecule has 8 nitrogen and oxygen atoms in total. The fourth-order valence-electron chi connectivity index (χ4n) is 4.75. The molecule has 5 rings (SSSR count). The second kappa shape index (κ2) is 7.55. The number of ketones is 1. The molecule has 1 aliphatic carbocycles. The number of Topliss-reactive ketones (excluding diaryl/α,β-unsaturated/α-hetero) is 1. The van der Waals surface area contributed by atoms with E-state index in [4.69, 9.17) is 14.5 Å². The Kier molecular flexibility index (Phi) is 5.05. The summed E-state index contributed by atoms with van der Waals surface area (Å²) in [5.74, 6) is -0.452. The number of nitrogens with one attached hydrogen (secondary N) is 1. The minimum absolute atomic E-state index is 0.0137. The van der Waals surface area contributed by atoms with Gasteiger partial charge in [-0.1, -0.05) is 12.1 Å². The van der Waals surface area contributed by atoms with E-state index in [1.54, 1.807) is 11.3 Å². The number of hydrogen-bond acceptors (Lipinski definition) is 9. The van der Waals surface area contributed by atoms with Gasteiger partial charge in [0.2, 0.25) is 0 Å². The highest BCUT2D eigenvalue weighted by Crippen LogP contribution is 2.50. The number of ether oxygens (including phenoxy) is 2. The summed E-state index contributed by atoms with van der Waals surface area (Å²) in [6.45, 7) is 7.05. The molecule has 1 saturated heterocycles. The van der Waals surface area contributed by atoms with Crippen LogP contribution in [0.4, 0.5) is 5.82 Å². The molecule has 168 valence electrons. The smallest absolute Gasteiger partial charge is 0.197 e. The summed E-state index contributed by atoms with van der Waals surface area (Å²) in [5, 5.41) is 14.2. The largest absolute Gasteiger partial charge is 0.396 e. The quantitative estimate of drug-likeness (QED) is 0.559. The Morgan fingerprint density at radius 3 is 2.78 bits per heavy atom. The van der Waals surface area contributed by atoms with Crippen LogP contribution in [-0.4, -0.2) is 50.1 Å². The average Bonchev–Trinajstić information content (AvgIpc) is 3.35. The molecule has 2 aromatic heterocycles. The first-order valence-corrected chi connectivity index (χ1v) is 11.6. The molecule has 3 unspecified atom stereocenters. The number of aliphatic hydroxyl groups excluding tert-OH is 1. The van der Waals surface area contributed by atoms with Crippen LogP contribution in [0.25, 0.3) is 20.8 Å². The highest BCUT2D eigenvalue weighted by molar-refractivity contribution is 7.21. The van der Waals surface area contributed by atoms with Crippen LogP contribution in [-0.2, 0) is 9.47 Å². The lowest BCUT2D eigenvalue weighted by Gasteiger charge is -2.31. The number of para-hydroxylation sites is 1. The van der Waals surface area contributed by atoms with E-state index in [-0.39, 0.29) is 30.2 Å². The van der Waals surface area contributed by atoms with E-state index in [9.17, 15) is 9.90 Å². The summed E-state index contributed by atoms with van der Waals surface area (Å²) in [7, 11) is 0. The molecule has 1 saturated carbocycles. The van der Waals surface area contributed by atoms with E-state index >= 15 is 0 Å². The Hall–Kier alpha value is -2.46. The number of anilines is 1. The number of nitrogens with zero attached hydrogens (tertiary/aromatic N) is 3. The van der Waals surface area contributed by atoms with Crippen molar-refractivity contribution in [3.05, 3.63) is 35.8 Å². The maximum Gasteiger partial charge on any atom is 0.197 e. The molecular weight excluding hydrogens is 428 g/mol. The van der Waals surface area contributed by atoms with Crippen LogP contribution in [0.5, 0.6) is 0 Å². The number of rotatable bonds is 5. The number of carbonyl (C=O) groups excluding carboxylic acids is 1. The molecule has 1 aliphatic heterocycles. The third-order valence-electron chi connectivity index (χ3n) is 6.09. The minimum atomic E-state index is -0.864. The van der Waals surface area contributed by atoms with Crippen molar-refractivity contribution in [2.75, 3.05) is 11.9 Å². The zero-order valence-electron chi connectivity index (χ0n) is 18.5. The van der Waals surface area contributed by atoms with Crippen molar-refractivity contribution in [3.63, 3.8) is 0 Å². The maximum absolute atomic E-state index is 12.1. The molecule has 32 heavy (non-hydrogen) atoms. The average molecular weight is 455 g/mol. The molecule has 9 heteroatoms. The highest BCUT2D eigenvalue weighted by Gasteiger charge is 2.60. The molecule has 3 heterocycles. The lowest BCUT2D eigenvalue weighted by atomic mass is 10.0. The second-order valence-electron chi connectivity index (χ2n) is 8.94. The monoisotopic (exact) mass is 454 g/mol. The summed E-state index contributed by atoms with van der Waals surface area (Å²) in [6, 6.07) is 7.93. The molecule has 1 aromatic carbocycles. The van der Waals surface area contributed by atoms with E-state index in [2.05, 4.69) is 15.3 Å². The van der Waals surface area contributed by atoms with Crippen molar-refractivity contribution in [1.82, 2.24) is 15.0 Å². The number of aromatic nitrogens is 3. The standard InChI is InChI=1S/C23H26N4O4S/c1-12-17(21-25-15-7-5-6-8-16(15)32-21)20(26-19(24-12)13(2)29)27-23-10-9-14(11-28)18(23)30-22(3,4)31-23/h5-8,14,18,28H,9-11H2,1-4H3,(H,24,26,27). The molecule has 2 aliphatic rings. The zero-order chi connectivity index (χ0) is 22.7. The number of fused-ring (bicyclic) bond motifs is 2. The molecule has 0 bridgehead atoms. The van der Waals surface area contributed by atoms with Crippen LogP contribution < -0.4 is 5.32 Å². The van der Waals surface area contributed by atoms with Crippen LogP contribution in [0.15, 0.2) is 24.3 Å². The summed E-state index contributed by atoms with van der Waals surface area (Å²) in [6.07, 6.45) is 1.05. The third-order valence-corrected chi connectivity index (χ3v) is 7.14. The Morgan fingerprint density at radius 2 is 2.06 bits per heavy atom. The van der Waals surface area contributed by atoms with E-state index < -0.39 is 11.5 Å². The van der Waals surface area contributed by atoms with Gasteiger partial charge in [0.15, 0.2) is 23.1 Å². The first-order chi connectivity index (χ1) is 15.2. The molecule has 0 amide bonds. The first kappa shape index (κ1) is 21.4. The van der Waals surface area contributed by atoms with E-state index in [0.29, 0.717) is 17.9 Å². The first-order valence-electron chi connectivity index (χ1n) is 10.7. The lowest BCUT2D eigenvalue weighted by molar-refractivity contribution is -0.168. The van der Waals surface area contributed by atoms with Crippen molar-refractivity contribution in [3.8, 4) is 10.6 Å². The van der Waals surface area contributed by atoms with Gasteiger partial charge in [-0.3, -0.25) is 4.79 Å². The number of carbonyl (C=O) groups is 1. The fraction of sp³-hybridized carbons (Fsp3) is 0.478. The third kappa shape index (κ3) is 3.49. The highest BCUT2D eigenvalue weighted by atomic mass is 32.1. The van der Waals surface area contributed by atoms with Crippen molar-refractivity contribution in [1.29, 1.82) is 0 Å². The predicted molar refractivity (Wildman–Crippen MR) is 122 cm³/mol. The van der Waals surface area contributed by atoms with Crippen LogP contribution >= 0.6 is 11.3 Å². The van der Waals surface area contributed by atoms with Crippen molar-refractivity contribution in [2.45, 2.75) is 58.2 Å². The van der Waals surface area contributed by atoms with E-state index in [1.165, 1.54) is 6.92 Å². The normalized spacial score (nSPS) is 26.4. The zero-order valence-corrected chi connectivity index (χ0v) is 19.3. The van der Waals surface area contributed by atoms with Crippen LogP contribution in [0, 0.1) is 12.8 Å². The van der Waals surface area contributed by atoms with Gasteiger partial charge in [0.25, 0.3) is 0 Å². The predicted octanol–water partition coefficient (Wildman–Crippen LogP) is 3.93. The summed E-state index contributed by atoms with van der Waals surface area (Å²) in [4.78, 5) is 26.0. The van der Waals surface area contributed by atoms with E-state index in [1.807, 2.05) is 45.0 Å². The number of aliphatic hydroxyl groups is 1. The van der Waals surface area contributed by atoms with Crippen molar-refractivity contribution in [2.24, 2.45) is 5.92 Å². The molecule has 2 N–H and O–H groups in total. The van der Waals surface area contributed by atoms with Gasteiger partial charge in [0.05, 0.1) is 21.5 Å². The number of aryl methyl sites for hydroxylation is 1. The van der Waals surface area contributed by atoms with Crippen LogP contribution in [0.1, 0.15) is 49.9 Å². The Balaban J connectivity index is 1.65. The number of benzene rings is 1. The van der Waals surface area contributed by atoms with Gasteiger partial charge in [-0.25, -0.2) is 15.0 Å². The summed E-state index contributed by atoms with van der Waals surface area (Å²) < 4.78 is 13.6. The Bertz CT molecular complexity index is 1180. The summed E-state index contributed by atoms with van der Waals surface area (Å²) in [5.41, 5.74) is 1.43. The molecule has 3 aromatic rings. The van der Waals surface area contributed by atoms with Crippen LogP contribution in [0.3, 0.4) is 0 Å². The SMILES string of the molecule is CC(=O)c1nc(C)c(-c2nc3ccccc3s2)c(NC23CCC(CO)C2OC(C)(C)O3)n1. The molecule has 0 radical (unpaired) electrons. The van der Waals surface area contributed by atoms with Gasteiger partial charge in [-0.15, -0.1) is 11.3 Å². The maximum atomic E-state index is 12.1. The second-order valence-corrected chi connectivity index (χ2v) is 9.97. The topological polar surface area (TPSA) is 106 Å². The van der Waals surface area contributed by atoms with Gasteiger partial charge in [0, 0.05) is 19.4 Å². The number of thiazole rings is 1. The fourth-order valence-corrected chi connectivity index (χ4v) is 5.81. The molecular formula is C23H26N4O4S. The van der Waals surface area contributed by atoms with Gasteiger partial charge in [0.1, 0.15) is 16.9 Å². The van der Waals surface area contributed by atoms with Crippen molar-refractivity contribution >= 4 is 33.2 Å². The molecule has 2 fully saturated rings. The van der Waals surface area contributed by atoms with Gasteiger partial charge in [-0.05, 0) is 45.7 Å². The van der Waals surface area contributed by atoms with Gasteiger partial charge < -0.3 is 19.9 Å². The Morgan fingerprint density at radius 1 is 1.28 bits per heavy atom. The lowest BCUT2D eigenvalue weighted by Crippen LogP contribution is -2.46. The van der Waals surface area contributed by atoms with Crippen molar-refractivity contribution < 1.29 is 19.4 Å². The molecule has 0 spiro atoms. The number of hydrogen-bond donors (Lipinski definition) is 2. The van der Waals surface area contributed by atoms with Gasteiger partial charge in [-0.2, -0.15) is 0 Å². The van der Waals surface area contributed by atoms with E-state index in [0.717, 1.165) is 27.2 Å². The van der Waals surface area contributed by atoms with Crippen LogP contribution in [0.2, 0.25) is 0 Å². The van der Waals surface area contributed by atoms with Gasteiger partial charge >= 0.3 is 0 Å². The summed E-state index contributed by atoms with van der Waals surface area (Å²) >= 11 is 1.55.